The lowest BCUT2D eigenvalue weighted by atomic mass is 10.1. The van der Waals surface area contributed by atoms with E-state index >= 15 is 0 Å². The van der Waals surface area contributed by atoms with Crippen LogP contribution in [0.3, 0.4) is 0 Å². The average molecular weight is 294 g/mol. The van der Waals surface area contributed by atoms with Crippen LogP contribution in [0.5, 0.6) is 0 Å². The van der Waals surface area contributed by atoms with Crippen LogP contribution in [0.1, 0.15) is 5.56 Å². The molecule has 0 radical (unpaired) electrons. The first-order valence-electron chi connectivity index (χ1n) is 6.92. The minimum atomic E-state index is -1.37. The van der Waals surface area contributed by atoms with Gasteiger partial charge in [-0.2, -0.15) is 10.2 Å². The van der Waals surface area contributed by atoms with Crippen LogP contribution in [0.15, 0.2) is 36.9 Å². The minimum Gasteiger partial charge on any atom is -0.275 e. The SMILES string of the molecule is Cn1cc(-c2ccc3c(C#C[Si](C)(C)C)cnn3c2)cn1. The quantitative estimate of drug-likeness (QED) is 0.511. The Labute approximate surface area is 125 Å². The van der Waals surface area contributed by atoms with Crippen molar-refractivity contribution in [3.63, 3.8) is 0 Å². The van der Waals surface area contributed by atoms with Gasteiger partial charge in [0.15, 0.2) is 0 Å². The van der Waals surface area contributed by atoms with Gasteiger partial charge < -0.3 is 0 Å². The summed E-state index contributed by atoms with van der Waals surface area (Å²) < 4.78 is 3.68. The van der Waals surface area contributed by atoms with Gasteiger partial charge in [0.2, 0.25) is 0 Å². The topological polar surface area (TPSA) is 35.1 Å². The number of hydrogen-bond donors (Lipinski definition) is 0. The molecule has 0 unspecified atom stereocenters. The number of pyridine rings is 1. The number of aryl methyl sites for hydroxylation is 1. The predicted octanol–water partition coefficient (Wildman–Crippen LogP) is 2.96. The van der Waals surface area contributed by atoms with Crippen molar-refractivity contribution in [3.8, 4) is 22.6 Å². The van der Waals surface area contributed by atoms with Crippen LogP contribution in [0.4, 0.5) is 0 Å². The van der Waals surface area contributed by atoms with Gasteiger partial charge in [0, 0.05) is 30.6 Å². The zero-order valence-electron chi connectivity index (χ0n) is 12.8. The fourth-order valence-electron chi connectivity index (χ4n) is 2.08. The van der Waals surface area contributed by atoms with Crippen molar-refractivity contribution >= 4 is 13.6 Å². The molecule has 5 heteroatoms. The molecule has 0 N–H and O–H groups in total. The van der Waals surface area contributed by atoms with Crippen molar-refractivity contribution < 1.29 is 0 Å². The molecular formula is C16H18N4Si. The molecule has 0 amide bonds. The summed E-state index contributed by atoms with van der Waals surface area (Å²) in [5, 5.41) is 8.62. The molecule has 3 aromatic heterocycles. The zero-order valence-corrected chi connectivity index (χ0v) is 13.8. The Morgan fingerprint density at radius 1 is 1.00 bits per heavy atom. The van der Waals surface area contributed by atoms with Crippen LogP contribution >= 0.6 is 0 Å². The van der Waals surface area contributed by atoms with Gasteiger partial charge >= 0.3 is 0 Å². The van der Waals surface area contributed by atoms with Crippen LogP contribution in [-0.2, 0) is 7.05 Å². The Morgan fingerprint density at radius 2 is 1.81 bits per heavy atom. The third-order valence-corrected chi connectivity index (χ3v) is 4.00. The van der Waals surface area contributed by atoms with Crippen molar-refractivity contribution in [2.45, 2.75) is 19.6 Å². The highest BCUT2D eigenvalue weighted by Gasteiger charge is 2.09. The monoisotopic (exact) mass is 294 g/mol. The second-order valence-corrected chi connectivity index (χ2v) is 11.0. The van der Waals surface area contributed by atoms with E-state index < -0.39 is 8.07 Å². The van der Waals surface area contributed by atoms with E-state index in [1.165, 1.54) is 0 Å². The molecule has 0 saturated heterocycles. The number of fused-ring (bicyclic) bond motifs is 1. The highest BCUT2D eigenvalue weighted by Crippen LogP contribution is 2.20. The van der Waals surface area contributed by atoms with Gasteiger partial charge in [-0.25, -0.2) is 4.52 Å². The Kier molecular flexibility index (Phi) is 3.18. The molecule has 4 nitrogen and oxygen atoms in total. The minimum absolute atomic E-state index is 0.996. The summed E-state index contributed by atoms with van der Waals surface area (Å²) in [6, 6.07) is 4.16. The predicted molar refractivity (Wildman–Crippen MR) is 87.6 cm³/mol. The molecule has 3 rings (SSSR count). The molecule has 0 spiro atoms. The van der Waals surface area contributed by atoms with E-state index in [1.54, 1.807) is 4.68 Å². The van der Waals surface area contributed by atoms with E-state index in [1.807, 2.05) is 36.4 Å². The summed E-state index contributed by atoms with van der Waals surface area (Å²) in [4.78, 5) is 0. The standard InChI is InChI=1S/C16H18N4Si/c1-19-11-15(10-17-19)14-5-6-16-13(7-8-21(2,3)4)9-18-20(16)12-14/h5-6,9-12H,1-4H3. The molecule has 0 saturated carbocycles. The van der Waals surface area contributed by atoms with Crippen molar-refractivity contribution in [2.75, 3.05) is 0 Å². The summed E-state index contributed by atoms with van der Waals surface area (Å²) in [5.74, 6) is 3.28. The van der Waals surface area contributed by atoms with Gasteiger partial charge in [-0.3, -0.25) is 4.68 Å². The first kappa shape index (κ1) is 13.7. The molecular weight excluding hydrogens is 276 g/mol. The lowest BCUT2D eigenvalue weighted by Gasteiger charge is -2.03. The van der Waals surface area contributed by atoms with E-state index in [-0.39, 0.29) is 0 Å². The Balaban J connectivity index is 2.03. The van der Waals surface area contributed by atoms with Crippen LogP contribution in [-0.4, -0.2) is 27.5 Å². The molecule has 3 heterocycles. The lowest BCUT2D eigenvalue weighted by molar-refractivity contribution is 0.768. The fourth-order valence-corrected chi connectivity index (χ4v) is 2.59. The largest absolute Gasteiger partial charge is 0.275 e. The Bertz CT molecular complexity index is 856. The van der Waals surface area contributed by atoms with Gasteiger partial charge in [-0.05, 0) is 6.07 Å². The smallest absolute Gasteiger partial charge is 0.129 e. The molecule has 0 atom stereocenters. The highest BCUT2D eigenvalue weighted by atomic mass is 28.3. The number of nitrogens with zero attached hydrogens (tertiary/aromatic N) is 4. The van der Waals surface area contributed by atoms with E-state index in [4.69, 9.17) is 0 Å². The van der Waals surface area contributed by atoms with Crippen LogP contribution in [0, 0.1) is 11.5 Å². The summed E-state index contributed by atoms with van der Waals surface area (Å²) in [6.07, 6.45) is 7.72. The third-order valence-electron chi connectivity index (χ3n) is 3.13. The van der Waals surface area contributed by atoms with Gasteiger partial charge in [0.1, 0.15) is 8.07 Å². The van der Waals surface area contributed by atoms with Crippen LogP contribution in [0.25, 0.3) is 16.6 Å². The van der Waals surface area contributed by atoms with Gasteiger partial charge in [0.05, 0.1) is 23.5 Å². The molecule has 0 aliphatic heterocycles. The van der Waals surface area contributed by atoms with E-state index in [0.717, 1.165) is 22.2 Å². The molecule has 3 aromatic rings. The summed E-state index contributed by atoms with van der Waals surface area (Å²) in [6.45, 7) is 6.73. The average Bonchev–Trinajstić information content (AvgIpc) is 3.01. The number of hydrogen-bond acceptors (Lipinski definition) is 2. The van der Waals surface area contributed by atoms with E-state index in [2.05, 4.69) is 53.4 Å². The Hall–Kier alpha value is -2.32. The van der Waals surface area contributed by atoms with Crippen LogP contribution < -0.4 is 0 Å². The van der Waals surface area contributed by atoms with Gasteiger partial charge in [-0.1, -0.05) is 31.6 Å². The molecule has 106 valence electrons. The first-order chi connectivity index (χ1) is 9.92. The highest BCUT2D eigenvalue weighted by molar-refractivity contribution is 6.83. The van der Waals surface area contributed by atoms with Crippen molar-refractivity contribution in [3.05, 3.63) is 42.5 Å². The summed E-state index contributed by atoms with van der Waals surface area (Å²) in [7, 11) is 0.546. The van der Waals surface area contributed by atoms with Crippen molar-refractivity contribution in [1.29, 1.82) is 0 Å². The van der Waals surface area contributed by atoms with Crippen molar-refractivity contribution in [1.82, 2.24) is 19.4 Å². The second-order valence-electron chi connectivity index (χ2n) is 6.21. The molecule has 0 aromatic carbocycles. The summed E-state index contributed by atoms with van der Waals surface area (Å²) >= 11 is 0. The van der Waals surface area contributed by atoms with Gasteiger partial charge in [0.25, 0.3) is 0 Å². The Morgan fingerprint density at radius 3 is 2.48 bits per heavy atom. The van der Waals surface area contributed by atoms with E-state index in [0.29, 0.717) is 0 Å². The summed E-state index contributed by atoms with van der Waals surface area (Å²) in [5.41, 5.74) is 7.62. The zero-order chi connectivity index (χ0) is 15.0. The maximum atomic E-state index is 4.41. The maximum Gasteiger partial charge on any atom is 0.129 e. The second kappa shape index (κ2) is 4.90. The third kappa shape index (κ3) is 2.90. The maximum absolute atomic E-state index is 4.41. The number of rotatable bonds is 1. The molecule has 0 fully saturated rings. The van der Waals surface area contributed by atoms with Gasteiger partial charge in [-0.15, -0.1) is 5.54 Å². The molecule has 0 aliphatic carbocycles. The molecule has 21 heavy (non-hydrogen) atoms. The molecule has 0 bridgehead atoms. The van der Waals surface area contributed by atoms with Crippen molar-refractivity contribution in [2.24, 2.45) is 7.05 Å². The fraction of sp³-hybridized carbons (Fsp3) is 0.250. The lowest BCUT2D eigenvalue weighted by Crippen LogP contribution is -2.16. The first-order valence-corrected chi connectivity index (χ1v) is 10.4. The number of aromatic nitrogens is 4. The van der Waals surface area contributed by atoms with E-state index in [9.17, 15) is 0 Å². The van der Waals surface area contributed by atoms with Crippen LogP contribution in [0.2, 0.25) is 19.6 Å². The normalized spacial score (nSPS) is 11.4. The molecule has 0 aliphatic rings.